The Kier molecular flexibility index (Phi) is 1.65. The fourth-order valence-electron chi connectivity index (χ4n) is 0.709. The Morgan fingerprint density at radius 1 is 0.833 bits per heavy atom. The second kappa shape index (κ2) is 2.95. The summed E-state index contributed by atoms with van der Waals surface area (Å²) in [5.41, 5.74) is 0. The zero-order valence-electron chi connectivity index (χ0n) is 6.15. The molecule has 6 nitrogen and oxygen atoms in total. The van der Waals surface area contributed by atoms with E-state index in [1.165, 1.54) is 9.58 Å². The van der Waals surface area contributed by atoms with Crippen LogP contribution in [0.3, 0.4) is 0 Å². The van der Waals surface area contributed by atoms with Crippen LogP contribution < -0.4 is 0 Å². The number of hydrogen-bond acceptors (Lipinski definition) is 4. The Morgan fingerprint density at radius 3 is 1.67 bits per heavy atom. The van der Waals surface area contributed by atoms with Crippen molar-refractivity contribution < 1.29 is 0 Å². The smallest absolute Gasteiger partial charge is 0.0529 e. The topological polar surface area (TPSA) is 60.4 Å². The maximum atomic E-state index is 3.83. The van der Waals surface area contributed by atoms with Gasteiger partial charge < -0.3 is 0 Å². The summed E-state index contributed by atoms with van der Waals surface area (Å²) in [7, 11) is 0. The summed E-state index contributed by atoms with van der Waals surface area (Å²) in [5.74, 6) is 0. The van der Waals surface area contributed by atoms with Crippen LogP contribution in [-0.2, 0) is 0 Å². The van der Waals surface area contributed by atoms with E-state index in [2.05, 4.69) is 20.6 Å². The molecular weight excluding hydrogens is 156 g/mol. The molecule has 0 unspecified atom stereocenters. The summed E-state index contributed by atoms with van der Waals surface area (Å²) in [4.78, 5) is 2.70. The molecule has 2 aromatic heterocycles. The van der Waals surface area contributed by atoms with E-state index in [-0.39, 0.29) is 0 Å². The van der Waals surface area contributed by atoms with Crippen molar-refractivity contribution in [2.75, 3.05) is 0 Å². The molecule has 12 heavy (non-hydrogen) atoms. The highest BCUT2D eigenvalue weighted by molar-refractivity contribution is 4.77. The van der Waals surface area contributed by atoms with Crippen LogP contribution in [0.1, 0.15) is 0 Å². The second-order valence-electron chi connectivity index (χ2n) is 2.03. The average molecular weight is 162 g/mol. The van der Waals surface area contributed by atoms with Gasteiger partial charge in [0, 0.05) is 0 Å². The van der Waals surface area contributed by atoms with Crippen molar-refractivity contribution in [1.82, 2.24) is 19.8 Å². The van der Waals surface area contributed by atoms with Gasteiger partial charge in [-0.3, -0.25) is 0 Å². The van der Waals surface area contributed by atoms with Crippen LogP contribution in [0.2, 0.25) is 0 Å². The van der Waals surface area contributed by atoms with Crippen molar-refractivity contribution in [3.8, 4) is 0 Å². The highest BCUT2D eigenvalue weighted by atomic mass is 15.7. The molecule has 0 saturated heterocycles. The van der Waals surface area contributed by atoms with Gasteiger partial charge >= 0.3 is 0 Å². The third-order valence-electron chi connectivity index (χ3n) is 1.20. The molecule has 2 heterocycles. The fraction of sp³-hybridized carbons (Fsp3) is 0. The van der Waals surface area contributed by atoms with Crippen LogP contribution in [-0.4, -0.2) is 19.8 Å². The number of nitrogens with zero attached hydrogens (tertiary/aromatic N) is 6. The largest absolute Gasteiger partial charge is 0.158 e. The van der Waals surface area contributed by atoms with E-state index < -0.39 is 0 Å². The molecule has 0 fully saturated rings. The van der Waals surface area contributed by atoms with Crippen LogP contribution in [0.5, 0.6) is 0 Å². The molecule has 0 aliphatic rings. The lowest BCUT2D eigenvalue weighted by molar-refractivity contribution is 0.589. The Morgan fingerprint density at radius 2 is 1.33 bits per heavy atom. The predicted octanol–water partition coefficient (Wildman–Crippen LogP) is 0.758. The third-order valence-corrected chi connectivity index (χ3v) is 1.20. The summed E-state index contributed by atoms with van der Waals surface area (Å²) >= 11 is 0. The SMILES string of the molecule is c1cnn(/N=N/n2cccn2)c1. The molecule has 0 bridgehead atoms. The standard InChI is InChI=1S/C6H6N6/c1-3-7-11(5-1)9-10-12-6-2-4-8-12/h1-6H/b10-9+. The fourth-order valence-corrected chi connectivity index (χ4v) is 0.709. The van der Waals surface area contributed by atoms with Crippen LogP contribution >= 0.6 is 0 Å². The first-order chi connectivity index (χ1) is 5.95. The van der Waals surface area contributed by atoms with Crippen LogP contribution in [0.15, 0.2) is 47.4 Å². The Hall–Kier alpha value is -1.98. The molecule has 60 valence electrons. The normalized spacial score (nSPS) is 11.0. The molecule has 0 radical (unpaired) electrons. The van der Waals surface area contributed by atoms with Gasteiger partial charge in [-0.15, -0.1) is 9.58 Å². The van der Waals surface area contributed by atoms with E-state index in [4.69, 9.17) is 0 Å². The molecule has 2 rings (SSSR count). The minimum absolute atomic E-state index is 1.35. The molecule has 0 aliphatic heterocycles. The van der Waals surface area contributed by atoms with E-state index in [9.17, 15) is 0 Å². The van der Waals surface area contributed by atoms with Gasteiger partial charge in [-0.2, -0.15) is 10.2 Å². The van der Waals surface area contributed by atoms with Gasteiger partial charge in [-0.25, -0.2) is 0 Å². The maximum Gasteiger partial charge on any atom is 0.0529 e. The highest BCUT2D eigenvalue weighted by Gasteiger charge is 1.84. The van der Waals surface area contributed by atoms with Gasteiger partial charge in [0.1, 0.15) is 0 Å². The van der Waals surface area contributed by atoms with Gasteiger partial charge in [0.2, 0.25) is 0 Å². The lowest BCUT2D eigenvalue weighted by Gasteiger charge is -1.87. The number of rotatable bonds is 2. The van der Waals surface area contributed by atoms with E-state index in [0.29, 0.717) is 0 Å². The Bertz CT molecular complexity index is 309. The molecule has 0 aromatic carbocycles. The van der Waals surface area contributed by atoms with Crippen molar-refractivity contribution in [3.63, 3.8) is 0 Å². The lowest BCUT2D eigenvalue weighted by atomic mass is 10.8. The van der Waals surface area contributed by atoms with Crippen molar-refractivity contribution in [1.29, 1.82) is 0 Å². The molecule has 0 atom stereocenters. The van der Waals surface area contributed by atoms with Gasteiger partial charge in [-0.1, -0.05) is 0 Å². The Balaban J connectivity index is 2.14. The quantitative estimate of drug-likeness (QED) is 0.612. The second-order valence-corrected chi connectivity index (χ2v) is 2.03. The molecule has 2 aromatic rings. The summed E-state index contributed by atoms with van der Waals surface area (Å²) in [6, 6.07) is 3.53. The van der Waals surface area contributed by atoms with E-state index >= 15 is 0 Å². The number of hydrogen-bond donors (Lipinski definition) is 0. The molecule has 0 saturated carbocycles. The molecule has 0 amide bonds. The Labute approximate surface area is 68.1 Å². The summed E-state index contributed by atoms with van der Waals surface area (Å²) in [6.07, 6.45) is 6.63. The minimum Gasteiger partial charge on any atom is -0.158 e. The van der Waals surface area contributed by atoms with Gasteiger partial charge in [-0.05, 0) is 22.6 Å². The first-order valence-electron chi connectivity index (χ1n) is 3.37. The molecule has 6 heteroatoms. The highest BCUT2D eigenvalue weighted by Crippen LogP contribution is 1.87. The van der Waals surface area contributed by atoms with Gasteiger partial charge in [0.05, 0.1) is 24.8 Å². The third kappa shape index (κ3) is 1.36. The molecule has 0 spiro atoms. The molecular formula is C6H6N6. The van der Waals surface area contributed by atoms with E-state index in [1.54, 1.807) is 36.9 Å². The minimum atomic E-state index is 1.35. The summed E-state index contributed by atoms with van der Waals surface area (Å²) in [6.45, 7) is 0. The predicted molar refractivity (Wildman–Crippen MR) is 40.1 cm³/mol. The van der Waals surface area contributed by atoms with Crippen LogP contribution in [0.4, 0.5) is 0 Å². The number of aromatic nitrogens is 4. The van der Waals surface area contributed by atoms with Gasteiger partial charge in [0.15, 0.2) is 0 Å². The van der Waals surface area contributed by atoms with Crippen LogP contribution in [0, 0.1) is 0 Å². The molecule has 0 aliphatic carbocycles. The first-order valence-corrected chi connectivity index (χ1v) is 3.37. The van der Waals surface area contributed by atoms with Crippen molar-refractivity contribution >= 4 is 0 Å². The lowest BCUT2D eigenvalue weighted by Crippen LogP contribution is -1.91. The molecule has 0 N–H and O–H groups in total. The van der Waals surface area contributed by atoms with Crippen molar-refractivity contribution in [3.05, 3.63) is 36.9 Å². The first kappa shape index (κ1) is 6.71. The zero-order valence-corrected chi connectivity index (χ0v) is 6.15. The van der Waals surface area contributed by atoms with Crippen LogP contribution in [0.25, 0.3) is 0 Å². The van der Waals surface area contributed by atoms with Crippen molar-refractivity contribution in [2.24, 2.45) is 10.4 Å². The van der Waals surface area contributed by atoms with Gasteiger partial charge in [0.25, 0.3) is 0 Å². The summed E-state index contributed by atoms with van der Waals surface area (Å²) in [5, 5.41) is 15.1. The van der Waals surface area contributed by atoms with Crippen molar-refractivity contribution in [2.45, 2.75) is 0 Å². The van der Waals surface area contributed by atoms with E-state index in [1.807, 2.05) is 0 Å². The monoisotopic (exact) mass is 162 g/mol. The van der Waals surface area contributed by atoms with E-state index in [0.717, 1.165) is 0 Å². The summed E-state index contributed by atoms with van der Waals surface area (Å²) < 4.78 is 0. The zero-order chi connectivity index (χ0) is 8.23. The maximum absolute atomic E-state index is 3.83. The average Bonchev–Trinajstić information content (AvgIpc) is 2.74.